The first-order chi connectivity index (χ1) is 5.81. The molecular weight excluding hydrogens is 203 g/mol. The van der Waals surface area contributed by atoms with Gasteiger partial charge < -0.3 is 10.7 Å². The van der Waals surface area contributed by atoms with Crippen molar-refractivity contribution < 1.29 is 17.1 Å². The van der Waals surface area contributed by atoms with Crippen LogP contribution in [0.4, 0.5) is 0 Å². The predicted octanol–water partition coefficient (Wildman–Crippen LogP) is 1.95. The van der Waals surface area contributed by atoms with Gasteiger partial charge >= 0.3 is 0 Å². The van der Waals surface area contributed by atoms with Crippen LogP contribution in [-0.2, 0) is 17.1 Å². The molecule has 0 aromatic carbocycles. The van der Waals surface area contributed by atoms with Gasteiger partial charge in [0.15, 0.2) is 0 Å². The Balaban J connectivity index is 0.00000144. The van der Waals surface area contributed by atoms with E-state index in [-0.39, 0.29) is 17.1 Å². The van der Waals surface area contributed by atoms with E-state index < -0.39 is 0 Å². The summed E-state index contributed by atoms with van der Waals surface area (Å²) in [6, 6.07) is 0. The minimum absolute atomic E-state index is 0. The first-order valence-electron chi connectivity index (χ1n) is 4.05. The minimum Gasteiger partial charge on any atom is -0.455 e. The van der Waals surface area contributed by atoms with Crippen molar-refractivity contribution in [3.63, 3.8) is 0 Å². The molecule has 1 radical (unpaired) electrons. The van der Waals surface area contributed by atoms with E-state index in [0.29, 0.717) is 0 Å². The largest absolute Gasteiger partial charge is 0.455 e. The summed E-state index contributed by atoms with van der Waals surface area (Å²) in [6.45, 7) is 5.71. The van der Waals surface area contributed by atoms with E-state index in [1.54, 1.807) is 6.20 Å². The molecule has 71 valence electrons. The smallest absolute Gasteiger partial charge is 0 e. The maximum atomic E-state index is 5.42. The molecule has 0 fully saturated rings. The van der Waals surface area contributed by atoms with E-state index in [1.165, 1.54) is 0 Å². The van der Waals surface area contributed by atoms with Gasteiger partial charge in [-0.15, -0.1) is 12.8 Å². The molecule has 0 bridgehead atoms. The molecule has 2 nitrogen and oxygen atoms in total. The topological polar surface area (TPSA) is 38.4 Å². The van der Waals surface area contributed by atoms with E-state index in [2.05, 4.69) is 24.6 Å². The Bertz CT molecular complexity index is 275. The molecule has 3 heteroatoms. The predicted molar refractivity (Wildman–Crippen MR) is 51.6 cm³/mol. The molecule has 0 atom stereocenters. The number of rotatable bonds is 3. The molecule has 0 saturated heterocycles. The molecule has 0 amide bonds. The van der Waals surface area contributed by atoms with Crippen LogP contribution >= 0.6 is 0 Å². The van der Waals surface area contributed by atoms with E-state index in [9.17, 15) is 0 Å². The van der Waals surface area contributed by atoms with Gasteiger partial charge in [0, 0.05) is 17.1 Å². The molecule has 13 heavy (non-hydrogen) atoms. The summed E-state index contributed by atoms with van der Waals surface area (Å²) in [5, 5.41) is 0. The zero-order valence-electron chi connectivity index (χ0n) is 7.68. The molecule has 0 aromatic rings. The van der Waals surface area contributed by atoms with Crippen LogP contribution in [0.2, 0.25) is 0 Å². The summed E-state index contributed by atoms with van der Waals surface area (Å²) in [7, 11) is 0. The van der Waals surface area contributed by atoms with Crippen molar-refractivity contribution >= 4 is 5.71 Å². The van der Waals surface area contributed by atoms with Crippen LogP contribution < -0.4 is 5.73 Å². The zero-order valence-corrected chi connectivity index (χ0v) is 8.86. The van der Waals surface area contributed by atoms with Crippen LogP contribution in [0.3, 0.4) is 0 Å². The van der Waals surface area contributed by atoms with Crippen LogP contribution in [0, 0.1) is 6.08 Å². The fraction of sp³-hybridized carbons (Fsp3) is 0.300. The number of nitrogens with zero attached hydrogens (tertiary/aromatic N) is 1. The van der Waals surface area contributed by atoms with Crippen LogP contribution in [0.5, 0.6) is 0 Å². The number of hydrogen-bond acceptors (Lipinski definition) is 2. The molecule has 1 aliphatic heterocycles. The van der Waals surface area contributed by atoms with Gasteiger partial charge in [0.25, 0.3) is 0 Å². The molecule has 0 unspecified atom stereocenters. The minimum atomic E-state index is 0. The van der Waals surface area contributed by atoms with Gasteiger partial charge in [-0.1, -0.05) is 18.7 Å². The van der Waals surface area contributed by atoms with Crippen LogP contribution in [0.25, 0.3) is 0 Å². The van der Waals surface area contributed by atoms with Crippen molar-refractivity contribution in [3.8, 4) is 0 Å². The summed E-state index contributed by atoms with van der Waals surface area (Å²) in [5.74, 6) is 0. The third kappa shape index (κ3) is 2.87. The molecular formula is C10H13MnN2-. The normalized spacial score (nSPS) is 17.8. The maximum Gasteiger partial charge on any atom is 0 e. The molecule has 2 N–H and O–H groups in total. The molecule has 1 aliphatic rings. The average molecular weight is 216 g/mol. The van der Waals surface area contributed by atoms with Crippen molar-refractivity contribution in [1.82, 2.24) is 0 Å². The van der Waals surface area contributed by atoms with Gasteiger partial charge in [0.2, 0.25) is 0 Å². The van der Waals surface area contributed by atoms with Gasteiger partial charge in [0.05, 0.1) is 0 Å². The Hall–Kier alpha value is -0.791. The second-order valence-electron chi connectivity index (χ2n) is 2.56. The van der Waals surface area contributed by atoms with Gasteiger partial charge in [-0.25, -0.2) is 0 Å². The molecule has 1 rings (SSSR count). The van der Waals surface area contributed by atoms with Gasteiger partial charge in [-0.2, -0.15) is 11.6 Å². The molecule has 1 heterocycles. The van der Waals surface area contributed by atoms with Crippen molar-refractivity contribution in [3.05, 3.63) is 36.2 Å². The van der Waals surface area contributed by atoms with Gasteiger partial charge in [-0.3, -0.25) is 0 Å². The van der Waals surface area contributed by atoms with Crippen molar-refractivity contribution in [2.75, 3.05) is 0 Å². The fourth-order valence-electron chi connectivity index (χ4n) is 1.08. The fourth-order valence-corrected chi connectivity index (χ4v) is 1.08. The Morgan fingerprint density at radius 3 is 2.77 bits per heavy atom. The third-order valence-electron chi connectivity index (χ3n) is 1.70. The Morgan fingerprint density at radius 1 is 1.62 bits per heavy atom. The summed E-state index contributed by atoms with van der Waals surface area (Å²) in [6.07, 6.45) is 8.16. The standard InChI is InChI=1S/C10H13N2.Mn/c1-3-5-10-8(7-11)6-9(4-2)12-10;/h3,7H,1,4-5,11H2,2H3;/q-1;. The monoisotopic (exact) mass is 216 g/mol. The van der Waals surface area contributed by atoms with E-state index in [4.69, 9.17) is 5.73 Å². The Kier molecular flexibility index (Phi) is 5.43. The van der Waals surface area contributed by atoms with Crippen LogP contribution in [0.1, 0.15) is 19.8 Å². The quantitative estimate of drug-likeness (QED) is 0.437. The average Bonchev–Trinajstić information content (AvgIpc) is 2.48. The number of allylic oxidation sites excluding steroid dienone is 4. The van der Waals surface area contributed by atoms with E-state index in [1.807, 2.05) is 6.08 Å². The number of nitrogens with two attached hydrogens (primary N) is 1. The second-order valence-corrected chi connectivity index (χ2v) is 2.56. The molecule has 0 spiro atoms. The first-order valence-corrected chi connectivity index (χ1v) is 4.05. The summed E-state index contributed by atoms with van der Waals surface area (Å²) in [4.78, 5) is 4.35. The second kappa shape index (κ2) is 5.79. The number of hydrogen-bond donors (Lipinski definition) is 1. The number of aliphatic imine (C=N–C) groups is 1. The van der Waals surface area contributed by atoms with Gasteiger partial charge in [-0.05, 0) is 18.5 Å². The van der Waals surface area contributed by atoms with Crippen LogP contribution in [0.15, 0.2) is 35.1 Å². The van der Waals surface area contributed by atoms with Crippen molar-refractivity contribution in [2.24, 2.45) is 10.7 Å². The maximum absolute atomic E-state index is 5.42. The third-order valence-corrected chi connectivity index (χ3v) is 1.70. The molecule has 0 aliphatic carbocycles. The molecule has 0 saturated carbocycles. The Morgan fingerprint density at radius 2 is 2.31 bits per heavy atom. The van der Waals surface area contributed by atoms with E-state index in [0.717, 1.165) is 29.8 Å². The van der Waals surface area contributed by atoms with E-state index >= 15 is 0 Å². The first kappa shape index (κ1) is 12.2. The SMILES string of the molecule is C=CCC1=NC(CC)=[C-]C1=CN.[Mn]. The van der Waals surface area contributed by atoms with Crippen molar-refractivity contribution in [1.29, 1.82) is 0 Å². The summed E-state index contributed by atoms with van der Waals surface area (Å²) >= 11 is 0. The molecule has 0 aromatic heterocycles. The summed E-state index contributed by atoms with van der Waals surface area (Å²) < 4.78 is 0. The zero-order chi connectivity index (χ0) is 8.97. The summed E-state index contributed by atoms with van der Waals surface area (Å²) in [5.41, 5.74) is 8.28. The van der Waals surface area contributed by atoms with Crippen LogP contribution in [-0.4, -0.2) is 5.71 Å². The van der Waals surface area contributed by atoms with Gasteiger partial charge in [0.1, 0.15) is 0 Å². The van der Waals surface area contributed by atoms with Crippen molar-refractivity contribution in [2.45, 2.75) is 19.8 Å². The Labute approximate surface area is 89.8 Å².